The first-order valence-corrected chi connectivity index (χ1v) is 10.7. The molecule has 2 heterocycles. The summed E-state index contributed by atoms with van der Waals surface area (Å²) >= 11 is 0. The van der Waals surface area contributed by atoms with Crippen LogP contribution in [0.4, 0.5) is 0 Å². The van der Waals surface area contributed by atoms with E-state index in [0.29, 0.717) is 5.76 Å². The van der Waals surface area contributed by atoms with Crippen LogP contribution in [0.15, 0.2) is 33.1 Å². The van der Waals surface area contributed by atoms with Crippen LogP contribution in [0.25, 0.3) is 0 Å². The summed E-state index contributed by atoms with van der Waals surface area (Å²) in [5.74, 6) is -0.594. The quantitative estimate of drug-likeness (QED) is 0.450. The number of rotatable bonds is 5. The van der Waals surface area contributed by atoms with Crippen LogP contribution in [-0.2, 0) is 24.5 Å². The lowest BCUT2D eigenvalue weighted by Gasteiger charge is -2.61. The minimum absolute atomic E-state index is 0.0393. The normalized spacial score (nSPS) is 20.1. The molecule has 3 rings (SSSR count). The van der Waals surface area contributed by atoms with E-state index >= 15 is 0 Å². The third kappa shape index (κ3) is 5.20. The molecule has 184 valence electrons. The Bertz CT molecular complexity index is 1090. The first kappa shape index (κ1) is 26.8. The first-order valence-electron chi connectivity index (χ1n) is 10.7. The van der Waals surface area contributed by atoms with Crippen LogP contribution < -0.4 is 0 Å². The number of ether oxygens (including phenoxy) is 2. The minimum Gasteiger partial charge on any atom is -0.455 e. The number of hydrogen-bond acceptors (Lipinski definition) is 9. The van der Waals surface area contributed by atoms with Crippen molar-refractivity contribution < 1.29 is 42.3 Å². The molecule has 1 aliphatic carbocycles. The molecule has 0 radical (unpaired) electrons. The van der Waals surface area contributed by atoms with Crippen LogP contribution in [0.1, 0.15) is 92.8 Å². The third-order valence-corrected chi connectivity index (χ3v) is 5.85. The average Bonchev–Trinajstić information content (AvgIpc) is 3.39. The predicted molar refractivity (Wildman–Crippen MR) is 117 cm³/mol. The molecule has 0 unspecified atom stereocenters. The molecule has 1 aliphatic rings. The lowest BCUT2D eigenvalue weighted by molar-refractivity contribution is -0.246. The Kier molecular flexibility index (Phi) is 7.43. The average molecular weight is 475 g/mol. The van der Waals surface area contributed by atoms with Crippen molar-refractivity contribution in [1.29, 1.82) is 0 Å². The SMILES string of the molecule is CC(=O)c1ccc(C(=O)OC2C(C)(C)C(OC(=O)c3ccc(C(C)(C)C)o3)C2(C)C)o1.O=C=O. The second-order valence-electron chi connectivity index (χ2n) is 10.4. The van der Waals surface area contributed by atoms with Gasteiger partial charge in [0, 0.05) is 23.2 Å². The Hall–Kier alpha value is -3.45. The van der Waals surface area contributed by atoms with E-state index < -0.39 is 35.0 Å². The van der Waals surface area contributed by atoms with Gasteiger partial charge >= 0.3 is 18.1 Å². The Labute approximate surface area is 197 Å². The van der Waals surface area contributed by atoms with Crippen molar-refractivity contribution in [3.63, 3.8) is 0 Å². The third-order valence-electron chi connectivity index (χ3n) is 5.85. The summed E-state index contributed by atoms with van der Waals surface area (Å²) in [6.45, 7) is 14.8. The number of esters is 2. The molecule has 0 saturated heterocycles. The van der Waals surface area contributed by atoms with Crippen LogP contribution in [-0.4, -0.2) is 36.1 Å². The van der Waals surface area contributed by atoms with E-state index in [1.807, 2.05) is 48.5 Å². The lowest BCUT2D eigenvalue weighted by atomic mass is 9.51. The monoisotopic (exact) mass is 474 g/mol. The summed E-state index contributed by atoms with van der Waals surface area (Å²) < 4.78 is 22.5. The highest BCUT2D eigenvalue weighted by Gasteiger charge is 2.66. The van der Waals surface area contributed by atoms with Gasteiger partial charge in [0.1, 0.15) is 18.0 Å². The summed E-state index contributed by atoms with van der Waals surface area (Å²) in [6.07, 6.45) is -0.782. The van der Waals surface area contributed by atoms with Gasteiger partial charge < -0.3 is 18.3 Å². The van der Waals surface area contributed by atoms with Crippen molar-refractivity contribution in [3.8, 4) is 0 Å². The fraction of sp³-hybridized carbons (Fsp3) is 0.520. The van der Waals surface area contributed by atoms with Crippen LogP contribution in [0, 0.1) is 10.8 Å². The van der Waals surface area contributed by atoms with Crippen molar-refractivity contribution in [2.24, 2.45) is 10.8 Å². The molecule has 0 bridgehead atoms. The van der Waals surface area contributed by atoms with Crippen LogP contribution in [0.5, 0.6) is 0 Å². The molecule has 2 aromatic heterocycles. The number of hydrogen-bond donors (Lipinski definition) is 0. The molecule has 1 fully saturated rings. The van der Waals surface area contributed by atoms with E-state index in [9.17, 15) is 14.4 Å². The fourth-order valence-corrected chi connectivity index (χ4v) is 4.52. The molecule has 9 nitrogen and oxygen atoms in total. The smallest absolute Gasteiger partial charge is 0.374 e. The van der Waals surface area contributed by atoms with Gasteiger partial charge in [0.15, 0.2) is 11.5 Å². The Morgan fingerprint density at radius 1 is 0.794 bits per heavy atom. The predicted octanol–water partition coefficient (Wildman–Crippen LogP) is 4.61. The lowest BCUT2D eigenvalue weighted by Crippen LogP contribution is -2.69. The second kappa shape index (κ2) is 9.43. The van der Waals surface area contributed by atoms with Crippen molar-refractivity contribution in [1.82, 2.24) is 0 Å². The van der Waals surface area contributed by atoms with Gasteiger partial charge in [-0.15, -0.1) is 0 Å². The first-order chi connectivity index (χ1) is 15.6. The Morgan fingerprint density at radius 3 is 1.53 bits per heavy atom. The number of carbonyl (C=O) groups is 3. The number of ketones is 1. The maximum Gasteiger partial charge on any atom is 0.374 e. The standard InChI is InChI=1S/C24H30O7.CO2/c1-13(25)14-9-10-15(28-14)18(26)30-20-23(5,6)21(24(20,7)8)31-19(27)16-11-12-17(29-16)22(2,3)4;2-1-3/h9-12,20-21H,1-8H3;. The van der Waals surface area contributed by atoms with Gasteiger partial charge in [0.25, 0.3) is 0 Å². The largest absolute Gasteiger partial charge is 0.455 e. The molecule has 0 atom stereocenters. The fourth-order valence-electron chi connectivity index (χ4n) is 4.52. The summed E-state index contributed by atoms with van der Waals surface area (Å²) in [7, 11) is 0. The van der Waals surface area contributed by atoms with E-state index in [-0.39, 0.29) is 34.6 Å². The van der Waals surface area contributed by atoms with Gasteiger partial charge in [-0.25, -0.2) is 9.59 Å². The zero-order valence-electron chi connectivity index (χ0n) is 20.6. The molecule has 0 amide bonds. The van der Waals surface area contributed by atoms with E-state index in [4.69, 9.17) is 27.9 Å². The van der Waals surface area contributed by atoms with E-state index in [1.54, 1.807) is 12.1 Å². The molecule has 1 saturated carbocycles. The topological polar surface area (TPSA) is 130 Å². The Morgan fingerprint density at radius 2 is 1.18 bits per heavy atom. The second-order valence-corrected chi connectivity index (χ2v) is 10.4. The number of Topliss-reactive ketones (excluding diaryl/α,β-unsaturated/α-hetero) is 1. The van der Waals surface area contributed by atoms with Crippen LogP contribution >= 0.6 is 0 Å². The molecular weight excluding hydrogens is 444 g/mol. The summed E-state index contributed by atoms with van der Waals surface area (Å²) in [5, 5.41) is 0. The van der Waals surface area contributed by atoms with Gasteiger partial charge in [-0.2, -0.15) is 9.59 Å². The molecule has 34 heavy (non-hydrogen) atoms. The van der Waals surface area contributed by atoms with Gasteiger partial charge in [-0.05, 0) is 24.3 Å². The highest BCUT2D eigenvalue weighted by atomic mass is 16.6. The maximum absolute atomic E-state index is 12.7. The summed E-state index contributed by atoms with van der Waals surface area (Å²) in [6, 6.07) is 6.24. The number of furan rings is 2. The van der Waals surface area contributed by atoms with E-state index in [1.165, 1.54) is 19.1 Å². The molecule has 0 spiro atoms. The number of carbonyl (C=O) groups excluding carboxylic acids is 5. The van der Waals surface area contributed by atoms with Crippen LogP contribution in [0.2, 0.25) is 0 Å². The Balaban J connectivity index is 0.00000129. The zero-order chi connectivity index (χ0) is 26.1. The van der Waals surface area contributed by atoms with Gasteiger partial charge in [0.05, 0.1) is 0 Å². The van der Waals surface area contributed by atoms with Gasteiger partial charge in [-0.1, -0.05) is 48.5 Å². The summed E-state index contributed by atoms with van der Waals surface area (Å²) in [5.41, 5.74) is -1.49. The van der Waals surface area contributed by atoms with Crippen molar-refractivity contribution >= 4 is 23.9 Å². The molecule has 0 aliphatic heterocycles. The van der Waals surface area contributed by atoms with Crippen molar-refractivity contribution in [3.05, 3.63) is 47.3 Å². The van der Waals surface area contributed by atoms with Crippen molar-refractivity contribution in [2.75, 3.05) is 0 Å². The molecule has 9 heteroatoms. The van der Waals surface area contributed by atoms with E-state index in [2.05, 4.69) is 0 Å². The summed E-state index contributed by atoms with van der Waals surface area (Å²) in [4.78, 5) is 52.9. The van der Waals surface area contributed by atoms with Gasteiger partial charge in [0.2, 0.25) is 11.5 Å². The minimum atomic E-state index is -0.663. The van der Waals surface area contributed by atoms with Crippen LogP contribution in [0.3, 0.4) is 0 Å². The van der Waals surface area contributed by atoms with Crippen molar-refractivity contribution in [2.45, 2.75) is 73.0 Å². The maximum atomic E-state index is 12.7. The molecule has 0 N–H and O–H groups in total. The zero-order valence-corrected chi connectivity index (χ0v) is 20.6. The molecular formula is C25H30O9. The highest BCUT2D eigenvalue weighted by Crippen LogP contribution is 2.57. The highest BCUT2D eigenvalue weighted by molar-refractivity contribution is 5.93. The molecule has 2 aromatic rings. The van der Waals surface area contributed by atoms with Gasteiger partial charge in [-0.3, -0.25) is 4.79 Å². The van der Waals surface area contributed by atoms with E-state index in [0.717, 1.165) is 0 Å². The molecule has 0 aromatic carbocycles.